The van der Waals surface area contributed by atoms with Crippen molar-refractivity contribution in [1.82, 2.24) is 14.9 Å². The number of carbonyl (C=O) groups is 1. The molecule has 0 unspecified atom stereocenters. The maximum absolute atomic E-state index is 12.2. The van der Waals surface area contributed by atoms with Crippen LogP contribution in [0.3, 0.4) is 0 Å². The summed E-state index contributed by atoms with van der Waals surface area (Å²) in [7, 11) is 1.62. The molecule has 2 aromatic rings. The molecule has 2 heterocycles. The summed E-state index contributed by atoms with van der Waals surface area (Å²) in [5.74, 6) is 1.41. The smallest absolute Gasteiger partial charge is 0.410 e. The minimum atomic E-state index is -0.484. The minimum Gasteiger partial charge on any atom is -0.497 e. The molecule has 0 atom stereocenters. The van der Waals surface area contributed by atoms with Crippen molar-refractivity contribution in [2.75, 3.05) is 25.5 Å². The molecule has 0 spiro atoms. The second kappa shape index (κ2) is 7.76. The molecule has 8 heteroatoms. The van der Waals surface area contributed by atoms with Crippen molar-refractivity contribution in [3.8, 4) is 5.75 Å². The highest BCUT2D eigenvalue weighted by Gasteiger charge is 2.27. The van der Waals surface area contributed by atoms with Crippen LogP contribution in [0.5, 0.6) is 5.75 Å². The van der Waals surface area contributed by atoms with Crippen molar-refractivity contribution < 1.29 is 14.3 Å². The standard InChI is InChI=1S/C19H25ClN4O3/c1-19(2,3)27-18(25)24-9-7-12(8-10-24)21-16-14-11-13(26-4)5-6-15(14)22-17(20)23-16/h5-6,11-12H,7-10H2,1-4H3,(H,21,22,23). The van der Waals surface area contributed by atoms with Gasteiger partial charge in [-0.2, -0.15) is 0 Å². The van der Waals surface area contributed by atoms with Crippen molar-refractivity contribution in [1.29, 1.82) is 0 Å². The highest BCUT2D eigenvalue weighted by atomic mass is 35.5. The maximum atomic E-state index is 12.2. The van der Waals surface area contributed by atoms with Gasteiger partial charge in [0.2, 0.25) is 5.28 Å². The molecule has 1 amide bonds. The number of piperidine rings is 1. The van der Waals surface area contributed by atoms with E-state index in [1.54, 1.807) is 12.0 Å². The molecule has 1 fully saturated rings. The summed E-state index contributed by atoms with van der Waals surface area (Å²) < 4.78 is 10.7. The number of methoxy groups -OCH3 is 1. The summed E-state index contributed by atoms with van der Waals surface area (Å²) in [5, 5.41) is 4.50. The van der Waals surface area contributed by atoms with Crippen LogP contribution < -0.4 is 10.1 Å². The van der Waals surface area contributed by atoms with Crippen LogP contribution in [0.2, 0.25) is 5.28 Å². The molecule has 0 saturated carbocycles. The monoisotopic (exact) mass is 392 g/mol. The molecule has 0 aliphatic carbocycles. The average molecular weight is 393 g/mol. The number of hydrogen-bond donors (Lipinski definition) is 1. The number of amides is 1. The van der Waals surface area contributed by atoms with Crippen LogP contribution in [0.25, 0.3) is 10.9 Å². The fourth-order valence-corrected chi connectivity index (χ4v) is 3.22. The van der Waals surface area contributed by atoms with E-state index < -0.39 is 5.60 Å². The summed E-state index contributed by atoms with van der Waals surface area (Å²) in [5.41, 5.74) is 0.270. The Morgan fingerprint density at radius 2 is 1.96 bits per heavy atom. The molecule has 1 aliphatic rings. The van der Waals surface area contributed by atoms with E-state index >= 15 is 0 Å². The normalized spacial score (nSPS) is 15.7. The third-order valence-electron chi connectivity index (χ3n) is 4.36. The average Bonchev–Trinajstić information content (AvgIpc) is 2.60. The van der Waals surface area contributed by atoms with E-state index in [9.17, 15) is 4.79 Å². The van der Waals surface area contributed by atoms with Crippen LogP contribution in [-0.4, -0.2) is 52.8 Å². The van der Waals surface area contributed by atoms with Gasteiger partial charge in [0, 0.05) is 24.5 Å². The van der Waals surface area contributed by atoms with Crippen LogP contribution in [0.4, 0.5) is 10.6 Å². The number of halogens is 1. The van der Waals surface area contributed by atoms with Crippen molar-refractivity contribution in [3.05, 3.63) is 23.5 Å². The Labute approximate surface area is 164 Å². The molecule has 0 bridgehead atoms. The van der Waals surface area contributed by atoms with Gasteiger partial charge in [0.15, 0.2) is 0 Å². The van der Waals surface area contributed by atoms with Gasteiger partial charge in [0.1, 0.15) is 17.2 Å². The molecule has 3 rings (SSSR count). The van der Waals surface area contributed by atoms with Gasteiger partial charge in [-0.1, -0.05) is 0 Å². The van der Waals surface area contributed by atoms with Gasteiger partial charge >= 0.3 is 6.09 Å². The number of benzene rings is 1. The summed E-state index contributed by atoms with van der Waals surface area (Å²) in [6.45, 7) is 6.88. The SMILES string of the molecule is COc1ccc2nc(Cl)nc(NC3CCN(C(=O)OC(C)(C)C)CC3)c2c1. The van der Waals surface area contributed by atoms with Gasteiger partial charge in [-0.05, 0) is 63.4 Å². The number of likely N-dealkylation sites (tertiary alicyclic amines) is 1. The number of ether oxygens (including phenoxy) is 2. The zero-order valence-electron chi connectivity index (χ0n) is 16.1. The molecule has 1 aromatic heterocycles. The summed E-state index contributed by atoms with van der Waals surface area (Å²) in [6.07, 6.45) is 1.33. The minimum absolute atomic E-state index is 0.184. The van der Waals surface area contributed by atoms with Crippen molar-refractivity contribution in [2.24, 2.45) is 0 Å². The number of hydrogen-bond acceptors (Lipinski definition) is 6. The van der Waals surface area contributed by atoms with E-state index in [0.717, 1.165) is 29.5 Å². The van der Waals surface area contributed by atoms with E-state index in [-0.39, 0.29) is 17.4 Å². The quantitative estimate of drug-likeness (QED) is 0.792. The van der Waals surface area contributed by atoms with Crippen LogP contribution in [0.1, 0.15) is 33.6 Å². The van der Waals surface area contributed by atoms with Crippen LogP contribution >= 0.6 is 11.6 Å². The van der Waals surface area contributed by atoms with Crippen LogP contribution in [-0.2, 0) is 4.74 Å². The predicted octanol–water partition coefficient (Wildman–Crippen LogP) is 4.10. The molecular formula is C19H25ClN4O3. The lowest BCUT2D eigenvalue weighted by Crippen LogP contribution is -2.44. The highest BCUT2D eigenvalue weighted by Crippen LogP contribution is 2.28. The van der Waals surface area contributed by atoms with E-state index in [1.807, 2.05) is 39.0 Å². The maximum Gasteiger partial charge on any atom is 0.410 e. The lowest BCUT2D eigenvalue weighted by atomic mass is 10.1. The Bertz CT molecular complexity index is 830. The number of rotatable bonds is 3. The van der Waals surface area contributed by atoms with Gasteiger partial charge in [-0.25, -0.2) is 14.8 Å². The van der Waals surface area contributed by atoms with Gasteiger partial charge in [-0.15, -0.1) is 0 Å². The molecule has 0 radical (unpaired) electrons. The van der Waals surface area contributed by atoms with Crippen molar-refractivity contribution in [2.45, 2.75) is 45.3 Å². The second-order valence-electron chi connectivity index (χ2n) is 7.61. The summed E-state index contributed by atoms with van der Waals surface area (Å²) >= 11 is 6.08. The van der Waals surface area contributed by atoms with E-state index in [2.05, 4.69) is 15.3 Å². The van der Waals surface area contributed by atoms with E-state index in [4.69, 9.17) is 21.1 Å². The zero-order valence-corrected chi connectivity index (χ0v) is 16.8. The number of aromatic nitrogens is 2. The second-order valence-corrected chi connectivity index (χ2v) is 7.95. The van der Waals surface area contributed by atoms with Crippen molar-refractivity contribution in [3.63, 3.8) is 0 Å². The third-order valence-corrected chi connectivity index (χ3v) is 4.53. The lowest BCUT2D eigenvalue weighted by Gasteiger charge is -2.34. The van der Waals surface area contributed by atoms with Gasteiger partial charge < -0.3 is 19.7 Å². The number of carbonyl (C=O) groups excluding carboxylic acids is 1. The number of anilines is 1. The topological polar surface area (TPSA) is 76.6 Å². The molecule has 27 heavy (non-hydrogen) atoms. The Kier molecular flexibility index (Phi) is 5.60. The Morgan fingerprint density at radius 3 is 2.59 bits per heavy atom. The Morgan fingerprint density at radius 1 is 1.26 bits per heavy atom. The zero-order chi connectivity index (χ0) is 19.6. The molecule has 1 aliphatic heterocycles. The predicted molar refractivity (Wildman–Crippen MR) is 106 cm³/mol. The van der Waals surface area contributed by atoms with Crippen LogP contribution in [0, 0.1) is 0 Å². The largest absolute Gasteiger partial charge is 0.497 e. The first kappa shape index (κ1) is 19.5. The first-order valence-electron chi connectivity index (χ1n) is 9.01. The first-order chi connectivity index (χ1) is 12.7. The Hall–Kier alpha value is -2.28. The first-order valence-corrected chi connectivity index (χ1v) is 9.39. The number of nitrogens with one attached hydrogen (secondary N) is 1. The fourth-order valence-electron chi connectivity index (χ4n) is 3.04. The molecule has 1 N–H and O–H groups in total. The number of nitrogens with zero attached hydrogens (tertiary/aromatic N) is 3. The molecular weight excluding hydrogens is 368 g/mol. The Balaban J connectivity index is 1.69. The van der Waals surface area contributed by atoms with Gasteiger partial charge in [0.05, 0.1) is 12.6 Å². The third kappa shape index (κ3) is 4.91. The van der Waals surface area contributed by atoms with E-state index in [1.165, 1.54) is 0 Å². The van der Waals surface area contributed by atoms with E-state index in [0.29, 0.717) is 18.9 Å². The van der Waals surface area contributed by atoms with Gasteiger partial charge in [0.25, 0.3) is 0 Å². The van der Waals surface area contributed by atoms with Crippen LogP contribution in [0.15, 0.2) is 18.2 Å². The molecule has 146 valence electrons. The number of fused-ring (bicyclic) bond motifs is 1. The summed E-state index contributed by atoms with van der Waals surface area (Å²) in [6, 6.07) is 5.78. The van der Waals surface area contributed by atoms with Gasteiger partial charge in [-0.3, -0.25) is 0 Å². The summed E-state index contributed by atoms with van der Waals surface area (Å²) in [4.78, 5) is 22.6. The van der Waals surface area contributed by atoms with Crippen molar-refractivity contribution >= 4 is 34.4 Å². The lowest BCUT2D eigenvalue weighted by molar-refractivity contribution is 0.0210. The molecule has 1 aromatic carbocycles. The highest BCUT2D eigenvalue weighted by molar-refractivity contribution is 6.28. The molecule has 7 nitrogen and oxygen atoms in total. The fraction of sp³-hybridized carbons (Fsp3) is 0.526. The molecule has 1 saturated heterocycles.